The summed E-state index contributed by atoms with van der Waals surface area (Å²) in [6.45, 7) is 2.58. The van der Waals surface area contributed by atoms with Gasteiger partial charge in [0, 0.05) is 24.1 Å². The molecular formula is C12H16BrN3O. The van der Waals surface area contributed by atoms with Crippen LogP contribution in [0.2, 0.25) is 0 Å². The number of carbonyl (C=O) groups excluding carboxylic acids is 1. The van der Waals surface area contributed by atoms with E-state index in [9.17, 15) is 4.79 Å². The molecule has 0 spiro atoms. The molecule has 0 aliphatic carbocycles. The molecule has 0 saturated carbocycles. The maximum atomic E-state index is 12.0. The fraction of sp³-hybridized carbons (Fsp3) is 0.417. The third kappa shape index (κ3) is 3.28. The molecule has 92 valence electrons. The Labute approximate surface area is 110 Å². The summed E-state index contributed by atoms with van der Waals surface area (Å²) in [5, 5.41) is 6.15. The molecular weight excluding hydrogens is 282 g/mol. The summed E-state index contributed by atoms with van der Waals surface area (Å²) in [5.41, 5.74) is 0.813. The number of benzene rings is 1. The van der Waals surface area contributed by atoms with Crippen LogP contribution in [0.15, 0.2) is 28.7 Å². The molecule has 1 aliphatic heterocycles. The first kappa shape index (κ1) is 12.5. The van der Waals surface area contributed by atoms with Crippen molar-refractivity contribution in [3.63, 3.8) is 0 Å². The Balaban J connectivity index is 1.99. The van der Waals surface area contributed by atoms with Gasteiger partial charge in [0.15, 0.2) is 0 Å². The lowest BCUT2D eigenvalue weighted by Gasteiger charge is -2.30. The van der Waals surface area contributed by atoms with Crippen LogP contribution in [-0.2, 0) is 4.79 Å². The summed E-state index contributed by atoms with van der Waals surface area (Å²) < 4.78 is 0.900. The van der Waals surface area contributed by atoms with Gasteiger partial charge < -0.3 is 15.5 Å². The molecule has 1 aliphatic rings. The molecule has 1 heterocycles. The van der Waals surface area contributed by atoms with Crippen LogP contribution in [0.3, 0.4) is 0 Å². The molecule has 1 atom stereocenters. The third-order valence-electron chi connectivity index (χ3n) is 2.83. The first-order valence-corrected chi connectivity index (χ1v) is 6.43. The topological polar surface area (TPSA) is 44.4 Å². The highest BCUT2D eigenvalue weighted by Crippen LogP contribution is 2.21. The SMILES string of the molecule is CN1CCNC(C(=O)Nc2ccccc2Br)C1. The number of para-hydroxylation sites is 1. The monoisotopic (exact) mass is 297 g/mol. The molecule has 1 unspecified atom stereocenters. The molecule has 2 N–H and O–H groups in total. The predicted octanol–water partition coefficient (Wildman–Crippen LogP) is 1.29. The lowest BCUT2D eigenvalue weighted by Crippen LogP contribution is -2.54. The van der Waals surface area contributed by atoms with Gasteiger partial charge in [0.25, 0.3) is 0 Å². The van der Waals surface area contributed by atoms with E-state index in [1.807, 2.05) is 31.3 Å². The summed E-state index contributed by atoms with van der Waals surface area (Å²) >= 11 is 3.42. The largest absolute Gasteiger partial charge is 0.324 e. The van der Waals surface area contributed by atoms with Crippen molar-refractivity contribution in [2.24, 2.45) is 0 Å². The molecule has 1 aromatic rings. The van der Waals surface area contributed by atoms with Crippen LogP contribution in [0, 0.1) is 0 Å². The van der Waals surface area contributed by atoms with Crippen molar-refractivity contribution in [3.8, 4) is 0 Å². The van der Waals surface area contributed by atoms with Crippen LogP contribution in [0.5, 0.6) is 0 Å². The molecule has 0 bridgehead atoms. The smallest absolute Gasteiger partial charge is 0.242 e. The van der Waals surface area contributed by atoms with Crippen molar-refractivity contribution in [2.75, 3.05) is 32.0 Å². The van der Waals surface area contributed by atoms with Crippen LogP contribution in [0.1, 0.15) is 0 Å². The Morgan fingerprint density at radius 2 is 2.29 bits per heavy atom. The maximum Gasteiger partial charge on any atom is 0.242 e. The number of nitrogens with zero attached hydrogens (tertiary/aromatic N) is 1. The molecule has 2 rings (SSSR count). The summed E-state index contributed by atoms with van der Waals surface area (Å²) in [7, 11) is 2.03. The zero-order valence-corrected chi connectivity index (χ0v) is 11.3. The minimum atomic E-state index is -0.138. The van der Waals surface area contributed by atoms with E-state index in [4.69, 9.17) is 0 Å². The standard InChI is InChI=1S/C12H16BrN3O/c1-16-7-6-14-11(8-16)12(17)15-10-5-3-2-4-9(10)13/h2-5,11,14H,6-8H2,1H3,(H,15,17). The Bertz CT molecular complexity index is 410. The van der Waals surface area contributed by atoms with Gasteiger partial charge in [0.2, 0.25) is 5.91 Å². The summed E-state index contributed by atoms with van der Waals surface area (Å²) in [6.07, 6.45) is 0. The number of nitrogens with one attached hydrogen (secondary N) is 2. The normalized spacial score (nSPS) is 21.2. The van der Waals surface area contributed by atoms with Crippen molar-refractivity contribution in [1.82, 2.24) is 10.2 Å². The molecule has 1 saturated heterocycles. The predicted molar refractivity (Wildman–Crippen MR) is 72.1 cm³/mol. The van der Waals surface area contributed by atoms with Gasteiger partial charge in [-0.05, 0) is 35.1 Å². The minimum Gasteiger partial charge on any atom is -0.324 e. The molecule has 1 fully saturated rings. The number of anilines is 1. The van der Waals surface area contributed by atoms with Crippen LogP contribution < -0.4 is 10.6 Å². The van der Waals surface area contributed by atoms with Crippen LogP contribution >= 0.6 is 15.9 Å². The van der Waals surface area contributed by atoms with E-state index in [2.05, 4.69) is 31.5 Å². The molecule has 0 radical (unpaired) electrons. The number of rotatable bonds is 2. The van der Waals surface area contributed by atoms with E-state index in [1.54, 1.807) is 0 Å². The second kappa shape index (κ2) is 5.62. The van der Waals surface area contributed by atoms with Crippen LogP contribution in [0.25, 0.3) is 0 Å². The number of likely N-dealkylation sites (N-methyl/N-ethyl adjacent to an activating group) is 1. The third-order valence-corrected chi connectivity index (χ3v) is 3.52. The van der Waals surface area contributed by atoms with Crippen molar-refractivity contribution in [1.29, 1.82) is 0 Å². The Morgan fingerprint density at radius 3 is 3.00 bits per heavy atom. The van der Waals surface area contributed by atoms with Crippen molar-refractivity contribution in [2.45, 2.75) is 6.04 Å². The van der Waals surface area contributed by atoms with Crippen LogP contribution in [-0.4, -0.2) is 43.5 Å². The van der Waals surface area contributed by atoms with E-state index in [1.165, 1.54) is 0 Å². The van der Waals surface area contributed by atoms with Gasteiger partial charge in [0.05, 0.1) is 11.7 Å². The van der Waals surface area contributed by atoms with E-state index < -0.39 is 0 Å². The van der Waals surface area contributed by atoms with Crippen LogP contribution in [0.4, 0.5) is 5.69 Å². The van der Waals surface area contributed by atoms with Gasteiger partial charge in [-0.3, -0.25) is 4.79 Å². The zero-order valence-electron chi connectivity index (χ0n) is 9.74. The first-order valence-electron chi connectivity index (χ1n) is 5.64. The van der Waals surface area contributed by atoms with E-state index in [0.717, 1.165) is 29.8 Å². The van der Waals surface area contributed by atoms with E-state index in [0.29, 0.717) is 0 Å². The zero-order chi connectivity index (χ0) is 12.3. The number of hydrogen-bond donors (Lipinski definition) is 2. The van der Waals surface area contributed by atoms with E-state index in [-0.39, 0.29) is 11.9 Å². The summed E-state index contributed by atoms with van der Waals surface area (Å²) in [5.74, 6) is 0.0171. The van der Waals surface area contributed by atoms with E-state index >= 15 is 0 Å². The maximum absolute atomic E-state index is 12.0. The highest BCUT2D eigenvalue weighted by atomic mass is 79.9. The Morgan fingerprint density at radius 1 is 1.53 bits per heavy atom. The van der Waals surface area contributed by atoms with Gasteiger partial charge in [-0.15, -0.1) is 0 Å². The lowest BCUT2D eigenvalue weighted by molar-refractivity contribution is -0.119. The number of hydrogen-bond acceptors (Lipinski definition) is 3. The number of halogens is 1. The first-order chi connectivity index (χ1) is 8.16. The Hall–Kier alpha value is -0.910. The van der Waals surface area contributed by atoms with Gasteiger partial charge in [-0.1, -0.05) is 12.1 Å². The Kier molecular flexibility index (Phi) is 4.15. The highest BCUT2D eigenvalue weighted by molar-refractivity contribution is 9.10. The van der Waals surface area contributed by atoms with Gasteiger partial charge in [0.1, 0.15) is 0 Å². The molecule has 5 heteroatoms. The quantitative estimate of drug-likeness (QED) is 0.865. The molecule has 1 amide bonds. The second-order valence-electron chi connectivity index (χ2n) is 4.24. The summed E-state index contributed by atoms with van der Waals surface area (Å²) in [6, 6.07) is 7.48. The van der Waals surface area contributed by atoms with Gasteiger partial charge >= 0.3 is 0 Å². The van der Waals surface area contributed by atoms with Crippen molar-refractivity contribution < 1.29 is 4.79 Å². The average molecular weight is 298 g/mol. The number of amides is 1. The van der Waals surface area contributed by atoms with Gasteiger partial charge in [-0.2, -0.15) is 0 Å². The van der Waals surface area contributed by atoms with Crippen molar-refractivity contribution in [3.05, 3.63) is 28.7 Å². The lowest BCUT2D eigenvalue weighted by atomic mass is 10.2. The number of piperazine rings is 1. The molecule has 4 nitrogen and oxygen atoms in total. The second-order valence-corrected chi connectivity index (χ2v) is 5.09. The molecule has 17 heavy (non-hydrogen) atoms. The molecule has 0 aromatic heterocycles. The van der Waals surface area contributed by atoms with Crippen molar-refractivity contribution >= 4 is 27.5 Å². The fourth-order valence-electron chi connectivity index (χ4n) is 1.86. The highest BCUT2D eigenvalue weighted by Gasteiger charge is 2.23. The average Bonchev–Trinajstić information content (AvgIpc) is 2.32. The number of carbonyl (C=O) groups is 1. The minimum absolute atomic E-state index is 0.0171. The fourth-order valence-corrected chi connectivity index (χ4v) is 2.24. The summed E-state index contributed by atoms with van der Waals surface area (Å²) in [4.78, 5) is 14.2. The molecule has 1 aromatic carbocycles. The van der Waals surface area contributed by atoms with Gasteiger partial charge in [-0.25, -0.2) is 0 Å².